The highest BCUT2D eigenvalue weighted by Gasteiger charge is 2.17. The molecule has 0 aliphatic heterocycles. The lowest BCUT2D eigenvalue weighted by Gasteiger charge is -2.11. The normalized spacial score (nSPS) is 10.6. The minimum absolute atomic E-state index is 0.135. The molecule has 202 valence electrons. The summed E-state index contributed by atoms with van der Waals surface area (Å²) in [5.74, 6) is 1.73. The second-order valence-electron chi connectivity index (χ2n) is 8.54. The molecule has 0 aliphatic carbocycles. The molecule has 0 spiro atoms. The first kappa shape index (κ1) is 27.7. The van der Waals surface area contributed by atoms with Gasteiger partial charge in [-0.05, 0) is 67.1 Å². The third-order valence-corrected chi connectivity index (χ3v) is 6.64. The maximum Gasteiger partial charge on any atom is 0.251 e. The van der Waals surface area contributed by atoms with E-state index in [9.17, 15) is 9.59 Å². The molecule has 39 heavy (non-hydrogen) atoms. The average Bonchev–Trinajstić information content (AvgIpc) is 3.39. The number of anilines is 1. The van der Waals surface area contributed by atoms with Crippen molar-refractivity contribution in [2.24, 2.45) is 0 Å². The van der Waals surface area contributed by atoms with E-state index in [0.717, 1.165) is 24.3 Å². The number of carbonyl (C=O) groups is 2. The predicted octanol–water partition coefficient (Wildman–Crippen LogP) is 5.12. The van der Waals surface area contributed by atoms with Gasteiger partial charge in [0.15, 0.2) is 11.0 Å². The zero-order valence-electron chi connectivity index (χ0n) is 21.9. The Hall–Kier alpha value is -4.31. The molecule has 4 aromatic rings. The van der Waals surface area contributed by atoms with Gasteiger partial charge in [0.1, 0.15) is 11.5 Å². The van der Waals surface area contributed by atoms with Gasteiger partial charge in [-0.15, -0.1) is 10.2 Å². The molecule has 1 aromatic heterocycles. The summed E-state index contributed by atoms with van der Waals surface area (Å²) in [6.07, 6.45) is 2.04. The molecule has 0 aliphatic rings. The maximum absolute atomic E-state index is 12.8. The van der Waals surface area contributed by atoms with E-state index in [1.54, 1.807) is 55.6 Å². The minimum Gasteiger partial charge on any atom is -0.497 e. The summed E-state index contributed by atoms with van der Waals surface area (Å²) in [5, 5.41) is 14.9. The van der Waals surface area contributed by atoms with Crippen molar-refractivity contribution in [2.45, 2.75) is 31.5 Å². The Balaban J connectivity index is 1.40. The molecular formula is C29H31N5O4S. The SMILES string of the molecule is CCCCOc1ccc(C(=O)NCc2nnc(SCC(=O)Nc3ccc(OC)cc3)n2-c2ccccc2)cc1. The highest BCUT2D eigenvalue weighted by molar-refractivity contribution is 7.99. The molecular weight excluding hydrogens is 514 g/mol. The molecule has 0 radical (unpaired) electrons. The molecule has 0 bridgehead atoms. The number of nitrogens with zero attached hydrogens (tertiary/aromatic N) is 3. The molecule has 10 heteroatoms. The fourth-order valence-electron chi connectivity index (χ4n) is 3.64. The van der Waals surface area contributed by atoms with E-state index in [4.69, 9.17) is 9.47 Å². The van der Waals surface area contributed by atoms with Crippen LogP contribution in [0.2, 0.25) is 0 Å². The van der Waals surface area contributed by atoms with Gasteiger partial charge >= 0.3 is 0 Å². The fourth-order valence-corrected chi connectivity index (χ4v) is 4.42. The molecule has 1 heterocycles. The summed E-state index contributed by atoms with van der Waals surface area (Å²) in [6, 6.07) is 23.8. The molecule has 0 unspecified atom stereocenters. The number of rotatable bonds is 13. The Morgan fingerprint density at radius 3 is 2.33 bits per heavy atom. The van der Waals surface area contributed by atoms with Gasteiger partial charge in [-0.3, -0.25) is 14.2 Å². The van der Waals surface area contributed by atoms with Crippen molar-refractivity contribution < 1.29 is 19.1 Å². The Morgan fingerprint density at radius 2 is 1.64 bits per heavy atom. The van der Waals surface area contributed by atoms with Gasteiger partial charge in [-0.1, -0.05) is 43.3 Å². The average molecular weight is 546 g/mol. The molecule has 3 aromatic carbocycles. The Bertz CT molecular complexity index is 1360. The van der Waals surface area contributed by atoms with E-state index in [1.807, 2.05) is 34.9 Å². The third-order valence-electron chi connectivity index (χ3n) is 5.71. The highest BCUT2D eigenvalue weighted by Crippen LogP contribution is 2.23. The van der Waals surface area contributed by atoms with Crippen LogP contribution in [0.4, 0.5) is 5.69 Å². The van der Waals surface area contributed by atoms with Gasteiger partial charge in [0, 0.05) is 16.9 Å². The van der Waals surface area contributed by atoms with Crippen LogP contribution in [0.3, 0.4) is 0 Å². The number of benzene rings is 3. The van der Waals surface area contributed by atoms with Gasteiger partial charge in [0.05, 0.1) is 26.0 Å². The molecule has 0 atom stereocenters. The van der Waals surface area contributed by atoms with Crippen molar-refractivity contribution in [3.05, 3.63) is 90.3 Å². The third kappa shape index (κ3) is 7.84. The monoisotopic (exact) mass is 545 g/mol. The maximum atomic E-state index is 12.8. The molecule has 4 rings (SSSR count). The van der Waals surface area contributed by atoms with Gasteiger partial charge in [-0.25, -0.2) is 0 Å². The lowest BCUT2D eigenvalue weighted by Crippen LogP contribution is -2.24. The number of carbonyl (C=O) groups excluding carboxylic acids is 2. The summed E-state index contributed by atoms with van der Waals surface area (Å²) in [7, 11) is 1.59. The standard InChI is InChI=1S/C29H31N5O4S/c1-3-4-18-38-25-14-10-21(11-15-25)28(36)30-19-26-32-33-29(34(26)23-8-6-5-7-9-23)39-20-27(35)31-22-12-16-24(37-2)17-13-22/h5-17H,3-4,18-20H2,1-2H3,(H,30,36)(H,31,35). The number of ether oxygens (including phenoxy) is 2. The summed E-state index contributed by atoms with van der Waals surface area (Å²) >= 11 is 1.26. The van der Waals surface area contributed by atoms with Crippen molar-refractivity contribution in [1.82, 2.24) is 20.1 Å². The molecule has 2 amide bonds. The van der Waals surface area contributed by atoms with Crippen LogP contribution >= 0.6 is 11.8 Å². The zero-order chi connectivity index (χ0) is 27.5. The molecule has 0 saturated heterocycles. The molecule has 0 saturated carbocycles. The topological polar surface area (TPSA) is 107 Å². The number of nitrogens with one attached hydrogen (secondary N) is 2. The summed E-state index contributed by atoms with van der Waals surface area (Å²) < 4.78 is 12.7. The summed E-state index contributed by atoms with van der Waals surface area (Å²) in [6.45, 7) is 2.92. The van der Waals surface area contributed by atoms with E-state index >= 15 is 0 Å². The zero-order valence-corrected chi connectivity index (χ0v) is 22.7. The fraction of sp³-hybridized carbons (Fsp3) is 0.241. The van der Waals surface area contributed by atoms with E-state index in [1.165, 1.54) is 11.8 Å². The van der Waals surface area contributed by atoms with Crippen LogP contribution in [0.5, 0.6) is 11.5 Å². The first-order chi connectivity index (χ1) is 19.1. The second kappa shape index (κ2) is 14.0. The first-order valence-electron chi connectivity index (χ1n) is 12.6. The number of unbranched alkanes of at least 4 members (excludes halogenated alkanes) is 1. The van der Waals surface area contributed by atoms with Gasteiger partial charge in [-0.2, -0.15) is 0 Å². The van der Waals surface area contributed by atoms with Crippen molar-refractivity contribution in [2.75, 3.05) is 24.8 Å². The van der Waals surface area contributed by atoms with Gasteiger partial charge < -0.3 is 20.1 Å². The first-order valence-corrected chi connectivity index (χ1v) is 13.6. The second-order valence-corrected chi connectivity index (χ2v) is 9.49. The highest BCUT2D eigenvalue weighted by atomic mass is 32.2. The number of thioether (sulfide) groups is 1. The van der Waals surface area contributed by atoms with Crippen LogP contribution in [0.1, 0.15) is 35.9 Å². The quantitative estimate of drug-likeness (QED) is 0.177. The van der Waals surface area contributed by atoms with E-state index < -0.39 is 0 Å². The smallest absolute Gasteiger partial charge is 0.251 e. The lowest BCUT2D eigenvalue weighted by atomic mass is 10.2. The van der Waals surface area contributed by atoms with E-state index in [0.29, 0.717) is 34.6 Å². The van der Waals surface area contributed by atoms with Crippen LogP contribution in [-0.4, -0.2) is 46.0 Å². The number of hydrogen-bond donors (Lipinski definition) is 2. The molecule has 0 fully saturated rings. The van der Waals surface area contributed by atoms with Crippen LogP contribution in [0.15, 0.2) is 84.0 Å². The Kier molecular flexibility index (Phi) is 9.96. The van der Waals surface area contributed by atoms with Gasteiger partial charge in [0.25, 0.3) is 5.91 Å². The van der Waals surface area contributed by atoms with Crippen LogP contribution in [-0.2, 0) is 11.3 Å². The number of hydrogen-bond acceptors (Lipinski definition) is 7. The molecule has 2 N–H and O–H groups in total. The molecule has 9 nitrogen and oxygen atoms in total. The Labute approximate surface area is 231 Å². The van der Waals surface area contributed by atoms with Crippen molar-refractivity contribution in [3.8, 4) is 17.2 Å². The predicted molar refractivity (Wildman–Crippen MR) is 152 cm³/mol. The van der Waals surface area contributed by atoms with E-state index in [-0.39, 0.29) is 24.1 Å². The number of methoxy groups -OCH3 is 1. The van der Waals surface area contributed by atoms with Crippen molar-refractivity contribution in [3.63, 3.8) is 0 Å². The van der Waals surface area contributed by atoms with Crippen molar-refractivity contribution in [1.29, 1.82) is 0 Å². The van der Waals surface area contributed by atoms with Crippen LogP contribution in [0.25, 0.3) is 5.69 Å². The van der Waals surface area contributed by atoms with E-state index in [2.05, 4.69) is 27.8 Å². The summed E-state index contributed by atoms with van der Waals surface area (Å²) in [5.41, 5.74) is 2.03. The minimum atomic E-state index is -0.231. The largest absolute Gasteiger partial charge is 0.497 e. The Morgan fingerprint density at radius 1 is 0.923 bits per heavy atom. The summed E-state index contributed by atoms with van der Waals surface area (Å²) in [4.78, 5) is 25.4. The van der Waals surface area contributed by atoms with Crippen molar-refractivity contribution >= 4 is 29.3 Å². The number of para-hydroxylation sites is 1. The number of amides is 2. The number of aromatic nitrogens is 3. The van der Waals surface area contributed by atoms with Crippen LogP contribution < -0.4 is 20.1 Å². The lowest BCUT2D eigenvalue weighted by molar-refractivity contribution is -0.113. The van der Waals surface area contributed by atoms with Gasteiger partial charge in [0.2, 0.25) is 5.91 Å². The van der Waals surface area contributed by atoms with Crippen LogP contribution in [0, 0.1) is 0 Å².